The first-order chi connectivity index (χ1) is 11.5. The van der Waals surface area contributed by atoms with Crippen molar-refractivity contribution in [3.63, 3.8) is 0 Å². The van der Waals surface area contributed by atoms with Crippen molar-refractivity contribution < 1.29 is 14.5 Å². The van der Waals surface area contributed by atoms with Crippen LogP contribution in [0, 0.1) is 17.0 Å². The van der Waals surface area contributed by atoms with E-state index >= 15 is 0 Å². The second-order valence-electron chi connectivity index (χ2n) is 5.32. The Kier molecular flexibility index (Phi) is 4.24. The summed E-state index contributed by atoms with van der Waals surface area (Å²) < 4.78 is 7.01. The van der Waals surface area contributed by atoms with Crippen molar-refractivity contribution in [2.45, 2.75) is 20.1 Å². The molecule has 0 radical (unpaired) electrons. The molecule has 0 aliphatic rings. The highest BCUT2D eigenvalue weighted by Gasteiger charge is 2.12. The highest BCUT2D eigenvalue weighted by molar-refractivity contribution is 5.78. The first kappa shape index (κ1) is 15.7. The van der Waals surface area contributed by atoms with Gasteiger partial charge in [0.15, 0.2) is 0 Å². The lowest BCUT2D eigenvalue weighted by atomic mass is 10.2. The van der Waals surface area contributed by atoms with Crippen LogP contribution in [0.1, 0.15) is 11.4 Å². The number of benzene rings is 2. The van der Waals surface area contributed by atoms with Gasteiger partial charge in [0, 0.05) is 12.1 Å². The molecule has 0 atom stereocenters. The summed E-state index contributed by atoms with van der Waals surface area (Å²) >= 11 is 0. The van der Waals surface area contributed by atoms with Gasteiger partial charge >= 0.3 is 5.97 Å². The van der Waals surface area contributed by atoms with Crippen LogP contribution in [0.5, 0.6) is 0 Å². The summed E-state index contributed by atoms with van der Waals surface area (Å²) in [6.45, 7) is 1.86. The lowest BCUT2D eigenvalue weighted by Gasteiger charge is -2.08. The van der Waals surface area contributed by atoms with Gasteiger partial charge in [0.25, 0.3) is 5.69 Å². The smallest absolute Gasteiger partial charge is 0.326 e. The van der Waals surface area contributed by atoms with Gasteiger partial charge in [-0.05, 0) is 24.6 Å². The van der Waals surface area contributed by atoms with E-state index < -0.39 is 10.9 Å². The standard InChI is InChI=1S/C17H15N3O4/c1-12-18-15-7-2-3-8-16(15)19(12)10-17(21)24-11-13-5-4-6-14(9-13)20(22)23/h2-9H,10-11H2,1H3. The van der Waals surface area contributed by atoms with Gasteiger partial charge in [-0.15, -0.1) is 0 Å². The van der Waals surface area contributed by atoms with E-state index in [-0.39, 0.29) is 18.8 Å². The highest BCUT2D eigenvalue weighted by atomic mass is 16.6. The van der Waals surface area contributed by atoms with Crippen LogP contribution in [0.3, 0.4) is 0 Å². The van der Waals surface area contributed by atoms with Crippen molar-refractivity contribution in [1.82, 2.24) is 9.55 Å². The monoisotopic (exact) mass is 325 g/mol. The molecule has 2 aromatic carbocycles. The molecule has 24 heavy (non-hydrogen) atoms. The Labute approximate surface area is 137 Å². The molecule has 0 N–H and O–H groups in total. The molecule has 0 saturated carbocycles. The van der Waals surface area contributed by atoms with E-state index in [1.165, 1.54) is 12.1 Å². The normalized spacial score (nSPS) is 10.7. The van der Waals surface area contributed by atoms with E-state index in [0.717, 1.165) is 16.9 Å². The highest BCUT2D eigenvalue weighted by Crippen LogP contribution is 2.16. The molecule has 7 nitrogen and oxygen atoms in total. The topological polar surface area (TPSA) is 87.3 Å². The quantitative estimate of drug-likeness (QED) is 0.409. The number of para-hydroxylation sites is 2. The van der Waals surface area contributed by atoms with Crippen LogP contribution in [-0.4, -0.2) is 20.4 Å². The predicted molar refractivity (Wildman–Crippen MR) is 87.4 cm³/mol. The zero-order valence-corrected chi connectivity index (χ0v) is 13.0. The van der Waals surface area contributed by atoms with Gasteiger partial charge in [0.05, 0.1) is 16.0 Å². The Balaban J connectivity index is 1.68. The molecule has 0 aliphatic heterocycles. The number of hydrogen-bond acceptors (Lipinski definition) is 5. The van der Waals surface area contributed by atoms with Crippen LogP contribution >= 0.6 is 0 Å². The molecule has 3 aromatic rings. The van der Waals surface area contributed by atoms with Gasteiger partial charge < -0.3 is 9.30 Å². The zero-order chi connectivity index (χ0) is 17.1. The molecule has 0 spiro atoms. The maximum atomic E-state index is 12.1. The second-order valence-corrected chi connectivity index (χ2v) is 5.32. The molecule has 122 valence electrons. The third-order valence-corrected chi connectivity index (χ3v) is 3.65. The summed E-state index contributed by atoms with van der Waals surface area (Å²) in [5.41, 5.74) is 2.23. The fourth-order valence-electron chi connectivity index (χ4n) is 2.49. The number of imidazole rings is 1. The average molecular weight is 325 g/mol. The number of nitro benzene ring substituents is 1. The fourth-order valence-corrected chi connectivity index (χ4v) is 2.49. The molecular weight excluding hydrogens is 310 g/mol. The molecule has 0 bridgehead atoms. The average Bonchev–Trinajstić information content (AvgIpc) is 2.89. The molecule has 7 heteroatoms. The predicted octanol–water partition coefficient (Wildman–Crippen LogP) is 3.00. The van der Waals surface area contributed by atoms with Crippen LogP contribution in [0.25, 0.3) is 11.0 Å². The number of nitrogens with zero attached hydrogens (tertiary/aromatic N) is 3. The maximum absolute atomic E-state index is 12.1. The SMILES string of the molecule is Cc1nc2ccccc2n1CC(=O)OCc1cccc([N+](=O)[O-])c1. The summed E-state index contributed by atoms with van der Waals surface area (Å²) in [7, 11) is 0. The third-order valence-electron chi connectivity index (χ3n) is 3.65. The van der Waals surface area contributed by atoms with Crippen molar-refractivity contribution >= 4 is 22.7 Å². The second kappa shape index (κ2) is 6.49. The Morgan fingerprint density at radius 3 is 2.83 bits per heavy atom. The van der Waals surface area contributed by atoms with E-state index in [0.29, 0.717) is 5.56 Å². The summed E-state index contributed by atoms with van der Waals surface area (Å²) in [5, 5.41) is 10.8. The Morgan fingerprint density at radius 1 is 1.25 bits per heavy atom. The first-order valence-corrected chi connectivity index (χ1v) is 7.35. The number of non-ortho nitro benzene ring substituents is 1. The maximum Gasteiger partial charge on any atom is 0.326 e. The van der Waals surface area contributed by atoms with Crippen molar-refractivity contribution in [1.29, 1.82) is 0 Å². The van der Waals surface area contributed by atoms with Crippen molar-refractivity contribution in [2.75, 3.05) is 0 Å². The number of aromatic nitrogens is 2. The first-order valence-electron chi connectivity index (χ1n) is 7.35. The van der Waals surface area contributed by atoms with Gasteiger partial charge in [-0.1, -0.05) is 24.3 Å². The lowest BCUT2D eigenvalue weighted by molar-refractivity contribution is -0.384. The molecule has 3 rings (SSSR count). The zero-order valence-electron chi connectivity index (χ0n) is 13.0. The number of aryl methyl sites for hydroxylation is 1. The van der Waals surface area contributed by atoms with E-state index in [4.69, 9.17) is 4.74 Å². The van der Waals surface area contributed by atoms with E-state index in [1.54, 1.807) is 16.7 Å². The van der Waals surface area contributed by atoms with Crippen LogP contribution < -0.4 is 0 Å². The lowest BCUT2D eigenvalue weighted by Crippen LogP contribution is -2.14. The fraction of sp³-hybridized carbons (Fsp3) is 0.176. The van der Waals surface area contributed by atoms with Gasteiger partial charge in [0.1, 0.15) is 19.0 Å². The minimum Gasteiger partial charge on any atom is -0.459 e. The Morgan fingerprint density at radius 2 is 2.04 bits per heavy atom. The van der Waals surface area contributed by atoms with Gasteiger partial charge in [0.2, 0.25) is 0 Å². The largest absolute Gasteiger partial charge is 0.459 e. The third kappa shape index (κ3) is 3.24. The number of fused-ring (bicyclic) bond motifs is 1. The Bertz CT molecular complexity index is 917. The number of ether oxygens (including phenoxy) is 1. The van der Waals surface area contributed by atoms with Gasteiger partial charge in [-0.3, -0.25) is 14.9 Å². The molecule has 0 aliphatic carbocycles. The molecule has 0 fully saturated rings. The molecule has 0 saturated heterocycles. The minimum absolute atomic E-state index is 0.00775. The van der Waals surface area contributed by atoms with Crippen LogP contribution in [0.15, 0.2) is 48.5 Å². The Hall–Kier alpha value is -3.22. The minimum atomic E-state index is -0.480. The molecular formula is C17H15N3O4. The van der Waals surface area contributed by atoms with E-state index in [9.17, 15) is 14.9 Å². The van der Waals surface area contributed by atoms with Crippen molar-refractivity contribution in [3.8, 4) is 0 Å². The van der Waals surface area contributed by atoms with Crippen molar-refractivity contribution in [2.24, 2.45) is 0 Å². The van der Waals surface area contributed by atoms with Crippen molar-refractivity contribution in [3.05, 3.63) is 70.0 Å². The molecule has 0 unspecified atom stereocenters. The number of carbonyl (C=O) groups excluding carboxylic acids is 1. The summed E-state index contributed by atoms with van der Waals surface area (Å²) in [4.78, 5) is 26.8. The van der Waals surface area contributed by atoms with Gasteiger partial charge in [-0.25, -0.2) is 4.98 Å². The van der Waals surface area contributed by atoms with Gasteiger partial charge in [-0.2, -0.15) is 0 Å². The van der Waals surface area contributed by atoms with Crippen LogP contribution in [0.4, 0.5) is 5.69 Å². The number of esters is 1. The number of hydrogen-bond donors (Lipinski definition) is 0. The van der Waals surface area contributed by atoms with E-state index in [1.807, 2.05) is 31.2 Å². The number of carbonyl (C=O) groups is 1. The summed E-state index contributed by atoms with van der Waals surface area (Å²) in [5.74, 6) is 0.302. The number of rotatable bonds is 5. The summed E-state index contributed by atoms with van der Waals surface area (Å²) in [6, 6.07) is 13.6. The van der Waals surface area contributed by atoms with Crippen LogP contribution in [0.2, 0.25) is 0 Å². The summed E-state index contributed by atoms with van der Waals surface area (Å²) in [6.07, 6.45) is 0. The molecule has 1 aromatic heterocycles. The molecule has 1 heterocycles. The molecule has 0 amide bonds. The van der Waals surface area contributed by atoms with E-state index in [2.05, 4.69) is 4.98 Å². The number of nitro groups is 1. The van der Waals surface area contributed by atoms with Crippen LogP contribution in [-0.2, 0) is 22.7 Å².